The summed E-state index contributed by atoms with van der Waals surface area (Å²) >= 11 is 5.78. The van der Waals surface area contributed by atoms with Crippen molar-refractivity contribution >= 4 is 22.6 Å². The number of ether oxygens (including phenoxy) is 1. The molecule has 1 aliphatic carbocycles. The van der Waals surface area contributed by atoms with E-state index in [0.29, 0.717) is 16.8 Å². The number of fused-ring (bicyclic) bond motifs is 1. The molecule has 3 nitrogen and oxygen atoms in total. The minimum absolute atomic E-state index is 0.0586. The number of nitrogens with zero attached hydrogens (tertiary/aromatic N) is 2. The Balaban J connectivity index is 2.28. The van der Waals surface area contributed by atoms with Crippen molar-refractivity contribution in [3.8, 4) is 5.75 Å². The fourth-order valence-corrected chi connectivity index (χ4v) is 2.73. The summed E-state index contributed by atoms with van der Waals surface area (Å²) < 4.78 is 46.4. The lowest BCUT2D eigenvalue weighted by Crippen LogP contribution is -2.35. The van der Waals surface area contributed by atoms with Crippen molar-refractivity contribution in [3.63, 3.8) is 0 Å². The maximum absolute atomic E-state index is 13.4. The van der Waals surface area contributed by atoms with Gasteiger partial charge in [0.1, 0.15) is 17.1 Å². The molecule has 1 heterocycles. The normalized spacial score (nSPS) is 17.4. The van der Waals surface area contributed by atoms with Gasteiger partial charge in [-0.2, -0.15) is 13.2 Å². The second-order valence-electron chi connectivity index (χ2n) is 4.88. The van der Waals surface area contributed by atoms with Crippen molar-refractivity contribution in [1.82, 2.24) is 9.55 Å². The van der Waals surface area contributed by atoms with Gasteiger partial charge in [0.15, 0.2) is 0 Å². The molecule has 0 radical (unpaired) electrons. The van der Waals surface area contributed by atoms with Gasteiger partial charge in [-0.05, 0) is 25.0 Å². The van der Waals surface area contributed by atoms with Crippen molar-refractivity contribution in [2.24, 2.45) is 0 Å². The maximum Gasteiger partial charge on any atom is 0.412 e. The highest BCUT2D eigenvalue weighted by Crippen LogP contribution is 2.57. The first kappa shape index (κ1) is 13.5. The third kappa shape index (κ3) is 1.78. The highest BCUT2D eigenvalue weighted by Gasteiger charge is 2.65. The summed E-state index contributed by atoms with van der Waals surface area (Å²) in [7, 11) is 1.47. The third-order valence-corrected chi connectivity index (χ3v) is 3.97. The van der Waals surface area contributed by atoms with Crippen molar-refractivity contribution in [2.45, 2.75) is 30.4 Å². The van der Waals surface area contributed by atoms with Gasteiger partial charge in [0.2, 0.25) is 0 Å². The summed E-state index contributed by atoms with van der Waals surface area (Å²) in [5, 5.41) is 0. The Bertz CT molecular complexity index is 661. The molecule has 108 valence electrons. The molecule has 0 atom stereocenters. The first-order valence-corrected chi connectivity index (χ1v) is 6.65. The zero-order valence-electron chi connectivity index (χ0n) is 10.7. The van der Waals surface area contributed by atoms with Gasteiger partial charge in [-0.25, -0.2) is 4.98 Å². The summed E-state index contributed by atoms with van der Waals surface area (Å²) in [5.41, 5.74) is -0.954. The second kappa shape index (κ2) is 4.28. The molecule has 1 fully saturated rings. The van der Waals surface area contributed by atoms with Gasteiger partial charge in [-0.15, -0.1) is 11.6 Å². The largest absolute Gasteiger partial charge is 0.497 e. The van der Waals surface area contributed by atoms with Gasteiger partial charge < -0.3 is 9.30 Å². The monoisotopic (exact) mass is 304 g/mol. The van der Waals surface area contributed by atoms with Gasteiger partial charge in [-0.3, -0.25) is 0 Å². The fraction of sp³-hybridized carbons (Fsp3) is 0.462. The molecular weight excluding hydrogens is 293 g/mol. The summed E-state index contributed by atoms with van der Waals surface area (Å²) in [4.78, 5) is 4.20. The van der Waals surface area contributed by atoms with E-state index in [9.17, 15) is 13.2 Å². The molecule has 1 saturated carbocycles. The van der Waals surface area contributed by atoms with Crippen LogP contribution in [0.2, 0.25) is 0 Å². The fourth-order valence-electron chi connectivity index (χ4n) is 2.55. The van der Waals surface area contributed by atoms with E-state index >= 15 is 0 Å². The lowest BCUT2D eigenvalue weighted by atomic mass is 10.2. The number of alkyl halides is 4. The Labute approximate surface area is 118 Å². The van der Waals surface area contributed by atoms with Crippen LogP contribution in [0, 0.1) is 0 Å². The molecule has 2 aromatic rings. The smallest absolute Gasteiger partial charge is 0.412 e. The van der Waals surface area contributed by atoms with E-state index in [2.05, 4.69) is 4.98 Å². The zero-order valence-corrected chi connectivity index (χ0v) is 11.4. The average Bonchev–Trinajstić information content (AvgIpc) is 3.13. The van der Waals surface area contributed by atoms with Gasteiger partial charge in [0.05, 0.1) is 24.0 Å². The molecule has 0 saturated heterocycles. The number of halogens is 4. The molecule has 1 aromatic carbocycles. The molecule has 1 aliphatic rings. The van der Waals surface area contributed by atoms with Crippen molar-refractivity contribution in [3.05, 3.63) is 24.0 Å². The highest BCUT2D eigenvalue weighted by molar-refractivity contribution is 6.16. The van der Waals surface area contributed by atoms with Crippen molar-refractivity contribution < 1.29 is 17.9 Å². The molecule has 0 bridgehead atoms. The SMILES string of the molecule is COc1ccc2nc(CCl)n(C3(C(F)(F)F)CC3)c2c1. The van der Waals surface area contributed by atoms with E-state index in [4.69, 9.17) is 16.3 Å². The van der Waals surface area contributed by atoms with Crippen molar-refractivity contribution in [1.29, 1.82) is 0 Å². The second-order valence-corrected chi connectivity index (χ2v) is 5.15. The molecule has 1 aromatic heterocycles. The molecule has 0 amide bonds. The first-order chi connectivity index (χ1) is 9.43. The summed E-state index contributed by atoms with van der Waals surface area (Å²) in [6.07, 6.45) is -4.20. The Kier molecular flexibility index (Phi) is 2.90. The Hall–Kier alpha value is -1.43. The molecule has 7 heteroatoms. The highest BCUT2D eigenvalue weighted by atomic mass is 35.5. The van der Waals surface area contributed by atoms with E-state index in [1.807, 2.05) is 0 Å². The maximum atomic E-state index is 13.4. The molecule has 20 heavy (non-hydrogen) atoms. The lowest BCUT2D eigenvalue weighted by molar-refractivity contribution is -0.179. The summed E-state index contributed by atoms with van der Waals surface area (Å²) in [5.74, 6) is 0.678. The minimum Gasteiger partial charge on any atom is -0.497 e. The average molecular weight is 305 g/mol. The molecule has 0 aliphatic heterocycles. The summed E-state index contributed by atoms with van der Waals surface area (Å²) in [6.45, 7) is 0. The zero-order chi connectivity index (χ0) is 14.5. The van der Waals surface area contributed by atoms with Gasteiger partial charge in [0.25, 0.3) is 0 Å². The van der Waals surface area contributed by atoms with Gasteiger partial charge >= 0.3 is 6.18 Å². The number of hydrogen-bond acceptors (Lipinski definition) is 2. The van der Waals surface area contributed by atoms with Crippen LogP contribution in [0.25, 0.3) is 11.0 Å². The van der Waals surface area contributed by atoms with Crippen LogP contribution >= 0.6 is 11.6 Å². The van der Waals surface area contributed by atoms with Crippen molar-refractivity contribution in [2.75, 3.05) is 7.11 Å². The van der Waals surface area contributed by atoms with E-state index in [-0.39, 0.29) is 24.5 Å². The Morgan fingerprint density at radius 2 is 2.10 bits per heavy atom. The molecule has 0 spiro atoms. The topological polar surface area (TPSA) is 27.1 Å². The molecule has 3 rings (SSSR count). The Morgan fingerprint density at radius 1 is 1.40 bits per heavy atom. The Morgan fingerprint density at radius 3 is 2.60 bits per heavy atom. The van der Waals surface area contributed by atoms with Gasteiger partial charge in [-0.1, -0.05) is 0 Å². The third-order valence-electron chi connectivity index (χ3n) is 3.73. The van der Waals surface area contributed by atoms with Crippen LogP contribution in [0.15, 0.2) is 18.2 Å². The quantitative estimate of drug-likeness (QED) is 0.806. The number of imidazole rings is 1. The van der Waals surface area contributed by atoms with Crippen LogP contribution in [0.4, 0.5) is 13.2 Å². The first-order valence-electron chi connectivity index (χ1n) is 6.11. The standard InChI is InChI=1S/C13H12ClF3N2O/c1-20-8-2-3-9-10(6-8)19(11(7-14)18-9)12(4-5-12)13(15,16)17/h2-3,6H,4-5,7H2,1H3. The number of aromatic nitrogens is 2. The number of rotatable bonds is 3. The number of methoxy groups -OCH3 is 1. The predicted octanol–water partition coefficient (Wildman–Crippen LogP) is 3.84. The lowest BCUT2D eigenvalue weighted by Gasteiger charge is -2.23. The van der Waals surface area contributed by atoms with Gasteiger partial charge in [0, 0.05) is 6.07 Å². The van der Waals surface area contributed by atoms with Crippen LogP contribution in [-0.4, -0.2) is 22.8 Å². The number of hydrogen-bond donors (Lipinski definition) is 0. The van der Waals surface area contributed by atoms with Crippen LogP contribution < -0.4 is 4.74 Å². The summed E-state index contributed by atoms with van der Waals surface area (Å²) in [6, 6.07) is 4.89. The molecule has 0 N–H and O–H groups in total. The number of benzene rings is 1. The van der Waals surface area contributed by atoms with E-state index in [0.717, 1.165) is 0 Å². The van der Waals surface area contributed by atoms with Crippen LogP contribution in [-0.2, 0) is 11.4 Å². The van der Waals surface area contributed by atoms with Crippen LogP contribution in [0.1, 0.15) is 18.7 Å². The molecule has 0 unspecified atom stereocenters. The van der Waals surface area contributed by atoms with E-state index in [1.165, 1.54) is 11.7 Å². The minimum atomic E-state index is -4.31. The molecular formula is C13H12ClF3N2O. The van der Waals surface area contributed by atoms with E-state index < -0.39 is 11.7 Å². The predicted molar refractivity (Wildman–Crippen MR) is 69.1 cm³/mol. The van der Waals surface area contributed by atoms with Crippen LogP contribution in [0.5, 0.6) is 5.75 Å². The van der Waals surface area contributed by atoms with Crippen LogP contribution in [0.3, 0.4) is 0 Å². The van der Waals surface area contributed by atoms with E-state index in [1.54, 1.807) is 18.2 Å².